The second kappa shape index (κ2) is 14.8. The van der Waals surface area contributed by atoms with E-state index in [1.54, 1.807) is 55.6 Å². The van der Waals surface area contributed by atoms with Gasteiger partial charge in [0.25, 0.3) is 17.4 Å². The normalized spacial score (nSPS) is 20.6. The Bertz CT molecular complexity index is 3030. The molecule has 4 atom stereocenters. The van der Waals surface area contributed by atoms with Crippen molar-refractivity contribution >= 4 is 51.7 Å². The summed E-state index contributed by atoms with van der Waals surface area (Å²) in [4.78, 5) is 77.0. The molecule has 2 fully saturated rings. The first-order chi connectivity index (χ1) is 29.3. The number of anilines is 1. The summed E-state index contributed by atoms with van der Waals surface area (Å²) in [6, 6.07) is 18.4. The summed E-state index contributed by atoms with van der Waals surface area (Å²) in [5.74, 6) is -3.31. The van der Waals surface area contributed by atoms with Crippen LogP contribution >= 0.6 is 23.2 Å². The van der Waals surface area contributed by atoms with E-state index in [4.69, 9.17) is 32.7 Å². The fourth-order valence-corrected chi connectivity index (χ4v) is 9.75. The number of amides is 2. The quantitative estimate of drug-likeness (QED) is 0.147. The Morgan fingerprint density at radius 3 is 2.31 bits per heavy atom. The number of phenols is 1. The summed E-state index contributed by atoms with van der Waals surface area (Å²) < 4.78 is 29.8. The molecule has 6 aromatic rings. The van der Waals surface area contributed by atoms with E-state index < -0.39 is 57.9 Å². The highest BCUT2D eigenvalue weighted by molar-refractivity contribution is 6.32. The van der Waals surface area contributed by atoms with Gasteiger partial charge in [-0.3, -0.25) is 19.8 Å². The van der Waals surface area contributed by atoms with E-state index in [0.29, 0.717) is 44.3 Å². The molecule has 1 saturated carbocycles. The van der Waals surface area contributed by atoms with Crippen LogP contribution in [0.15, 0.2) is 105 Å². The van der Waals surface area contributed by atoms with E-state index in [1.807, 2.05) is 0 Å². The van der Waals surface area contributed by atoms with Crippen LogP contribution in [-0.2, 0) is 41.6 Å². The van der Waals surface area contributed by atoms with Gasteiger partial charge in [0.2, 0.25) is 0 Å². The maximum absolute atomic E-state index is 15.3. The van der Waals surface area contributed by atoms with Crippen molar-refractivity contribution in [2.45, 2.75) is 43.3 Å². The molecule has 4 aromatic carbocycles. The lowest BCUT2D eigenvalue weighted by atomic mass is 9.53. The van der Waals surface area contributed by atoms with Crippen molar-refractivity contribution < 1.29 is 28.6 Å². The van der Waals surface area contributed by atoms with Crippen LogP contribution in [0.3, 0.4) is 0 Å². The molecule has 2 aliphatic heterocycles. The second-order valence-electron chi connectivity index (χ2n) is 15.1. The van der Waals surface area contributed by atoms with Crippen LogP contribution in [-0.4, -0.2) is 59.6 Å². The van der Waals surface area contributed by atoms with Crippen molar-refractivity contribution in [1.29, 1.82) is 0 Å². The number of fused-ring (bicyclic) bond motifs is 5. The van der Waals surface area contributed by atoms with Gasteiger partial charge in [-0.2, -0.15) is 5.01 Å². The molecule has 18 heteroatoms. The maximum Gasteiger partial charge on any atom is 0.347 e. The lowest BCUT2D eigenvalue weighted by Crippen LogP contribution is -2.53. The number of nitrogens with one attached hydrogen (secondary N) is 1. The van der Waals surface area contributed by atoms with Gasteiger partial charge in [-0.05, 0) is 71.7 Å². The number of benzene rings is 4. The van der Waals surface area contributed by atoms with Crippen LogP contribution in [0.2, 0.25) is 10.0 Å². The van der Waals surface area contributed by atoms with Gasteiger partial charge in [0, 0.05) is 48.1 Å². The maximum atomic E-state index is 15.3. The number of hydrazine groups is 1. The molecule has 1 saturated heterocycles. The molecule has 4 heterocycles. The van der Waals surface area contributed by atoms with Crippen LogP contribution < -0.4 is 31.8 Å². The highest BCUT2D eigenvalue weighted by atomic mass is 35.5. The summed E-state index contributed by atoms with van der Waals surface area (Å²) in [5, 5.41) is 11.8. The number of hydrogen-bond acceptors (Lipinski definition) is 10. The molecule has 2 aromatic heterocycles. The number of methoxy groups -OCH3 is 2. The van der Waals surface area contributed by atoms with E-state index in [2.05, 4.69) is 10.4 Å². The van der Waals surface area contributed by atoms with Crippen molar-refractivity contribution in [3.8, 4) is 17.2 Å². The predicted molar refractivity (Wildman–Crippen MR) is 223 cm³/mol. The predicted octanol–water partition coefficient (Wildman–Crippen LogP) is 5.09. The third-order valence-corrected chi connectivity index (χ3v) is 12.7. The number of imide groups is 1. The van der Waals surface area contributed by atoms with Crippen molar-refractivity contribution in [2.24, 2.45) is 13.0 Å². The molecule has 0 bridgehead atoms. The summed E-state index contributed by atoms with van der Waals surface area (Å²) in [6.45, 7) is -0.288. The first-order valence-electron chi connectivity index (χ1n) is 19.2. The standard InChI is InChI=1S/C43H36Cl2FN7O8/c1-49-34-21-36(61-3)35(60-2)20-32(34)47-31(39(49)56)15-16-50-41(58)51-17-14-28-33(53(51)42(50)59)19-29-38(55)52(48-25-10-8-24(46)9-11-25)40(57)43(29,22-4-6-23(44)7-5-22)37(28)27-13-12-26(54)18-30(27)45/h4-14,18,20-21,29,33,37,48,54H,15-17,19H2,1-3H3. The minimum Gasteiger partial charge on any atom is -0.508 e. The zero-order chi connectivity index (χ0) is 43.1. The van der Waals surface area contributed by atoms with Crippen LogP contribution in [0.4, 0.5) is 10.1 Å². The molecule has 312 valence electrons. The Kier molecular flexibility index (Phi) is 9.66. The van der Waals surface area contributed by atoms with Gasteiger partial charge in [0.1, 0.15) is 17.3 Å². The van der Waals surface area contributed by atoms with Gasteiger partial charge in [-0.25, -0.2) is 32.9 Å². The SMILES string of the molecule is COc1cc2nc(CCn3c(=O)n4n(c3=O)C3CC5C(=O)N(Nc6ccc(F)cc6)C(=O)C5(c5ccc(Cl)cc5)C(c5ccc(O)cc5Cl)C3=CC4)c(=O)n(C)c2cc1OC. The fourth-order valence-electron chi connectivity index (χ4n) is 9.34. The Hall–Kier alpha value is -6.65. The second-order valence-corrected chi connectivity index (χ2v) is 16.0. The van der Waals surface area contributed by atoms with Gasteiger partial charge in [-0.1, -0.05) is 47.5 Å². The average Bonchev–Trinajstić information content (AvgIpc) is 3.62. The average molecular weight is 869 g/mol. The van der Waals surface area contributed by atoms with Gasteiger partial charge < -0.3 is 19.1 Å². The monoisotopic (exact) mass is 867 g/mol. The summed E-state index contributed by atoms with van der Waals surface area (Å²) in [6.07, 6.45) is 1.59. The molecular weight excluding hydrogens is 832 g/mol. The molecule has 15 nitrogen and oxygen atoms in total. The van der Waals surface area contributed by atoms with Gasteiger partial charge >= 0.3 is 11.4 Å². The summed E-state index contributed by atoms with van der Waals surface area (Å²) in [7, 11) is 4.55. The summed E-state index contributed by atoms with van der Waals surface area (Å²) >= 11 is 13.3. The number of aromatic hydroxyl groups is 1. The van der Waals surface area contributed by atoms with Crippen molar-refractivity contribution in [3.63, 3.8) is 0 Å². The molecule has 9 rings (SSSR count). The first kappa shape index (κ1) is 39.8. The number of allylic oxidation sites excluding steroid dienone is 2. The number of phenolic OH excluding ortho intramolecular Hbond substituents is 1. The van der Waals surface area contributed by atoms with Gasteiger partial charge in [0.05, 0.1) is 54.9 Å². The van der Waals surface area contributed by atoms with E-state index >= 15 is 4.79 Å². The molecule has 4 unspecified atom stereocenters. The first-order valence-corrected chi connectivity index (χ1v) is 19.9. The number of carbonyl (C=O) groups excluding carboxylic acids is 2. The molecule has 2 N–H and O–H groups in total. The highest BCUT2D eigenvalue weighted by Crippen LogP contribution is 2.62. The van der Waals surface area contributed by atoms with Crippen molar-refractivity contribution in [3.05, 3.63) is 155 Å². The zero-order valence-corrected chi connectivity index (χ0v) is 34.3. The molecule has 61 heavy (non-hydrogen) atoms. The number of aryl methyl sites for hydroxylation is 2. The van der Waals surface area contributed by atoms with E-state index in [0.717, 1.165) is 9.58 Å². The lowest BCUT2D eigenvalue weighted by Gasteiger charge is -2.49. The third-order valence-electron chi connectivity index (χ3n) is 12.1. The number of ether oxygens (including phenoxy) is 2. The van der Waals surface area contributed by atoms with E-state index in [-0.39, 0.29) is 48.1 Å². The molecule has 0 radical (unpaired) electrons. The number of halogens is 3. The van der Waals surface area contributed by atoms with Crippen LogP contribution in [0.5, 0.6) is 17.2 Å². The third kappa shape index (κ3) is 6.06. The summed E-state index contributed by atoms with van der Waals surface area (Å²) in [5.41, 5.74) is 2.09. The molecule has 2 amide bonds. The number of aromatic nitrogens is 5. The fraction of sp³-hybridized carbons (Fsp3) is 0.256. The highest BCUT2D eigenvalue weighted by Gasteiger charge is 2.69. The molecule has 3 aliphatic rings. The smallest absolute Gasteiger partial charge is 0.347 e. The lowest BCUT2D eigenvalue weighted by molar-refractivity contribution is -0.138. The number of nitrogens with zero attached hydrogens (tertiary/aromatic N) is 6. The molecule has 0 spiro atoms. The zero-order valence-electron chi connectivity index (χ0n) is 32.8. The number of carbonyl (C=O) groups is 2. The Balaban J connectivity index is 1.17. The minimum absolute atomic E-state index is 0.0773. The topological polar surface area (TPSA) is 172 Å². The largest absolute Gasteiger partial charge is 0.508 e. The van der Waals surface area contributed by atoms with Gasteiger partial charge in [0.15, 0.2) is 11.5 Å². The van der Waals surface area contributed by atoms with E-state index in [9.17, 15) is 28.7 Å². The Morgan fingerprint density at radius 1 is 0.918 bits per heavy atom. The van der Waals surface area contributed by atoms with Crippen molar-refractivity contribution in [2.75, 3.05) is 19.6 Å². The molecular formula is C43H36Cl2FN7O8. The molecule has 1 aliphatic carbocycles. The van der Waals surface area contributed by atoms with Crippen LogP contribution in [0.1, 0.15) is 35.2 Å². The van der Waals surface area contributed by atoms with Crippen molar-refractivity contribution in [1.82, 2.24) is 28.5 Å². The van der Waals surface area contributed by atoms with Crippen LogP contribution in [0, 0.1) is 11.7 Å². The Morgan fingerprint density at radius 2 is 1.62 bits per heavy atom. The number of rotatable bonds is 9. The van der Waals surface area contributed by atoms with E-state index in [1.165, 1.54) is 64.5 Å². The van der Waals surface area contributed by atoms with Crippen LogP contribution in [0.25, 0.3) is 11.0 Å². The Labute approximate surface area is 355 Å². The number of hydrogen-bond donors (Lipinski definition) is 2. The van der Waals surface area contributed by atoms with Gasteiger partial charge in [-0.15, -0.1) is 0 Å². The minimum atomic E-state index is -1.69.